The van der Waals surface area contributed by atoms with E-state index in [2.05, 4.69) is 39.9 Å². The van der Waals surface area contributed by atoms with E-state index in [0.717, 1.165) is 13.0 Å². The number of halogens is 1. The Kier molecular flexibility index (Phi) is 5.33. The van der Waals surface area contributed by atoms with Crippen molar-refractivity contribution in [1.82, 2.24) is 5.32 Å². The zero-order valence-corrected chi connectivity index (χ0v) is 12.3. The molecule has 0 amide bonds. The van der Waals surface area contributed by atoms with Gasteiger partial charge in [-0.1, -0.05) is 26.0 Å². The SMILES string of the molecule is CC(CNC(C)(C)C)C(C)Cc1ccc(F)cc1. The van der Waals surface area contributed by atoms with Crippen molar-refractivity contribution in [2.75, 3.05) is 6.54 Å². The molecule has 1 rings (SSSR count). The van der Waals surface area contributed by atoms with Crippen molar-refractivity contribution in [3.63, 3.8) is 0 Å². The van der Waals surface area contributed by atoms with E-state index >= 15 is 0 Å². The van der Waals surface area contributed by atoms with E-state index in [0.29, 0.717) is 11.8 Å². The van der Waals surface area contributed by atoms with Gasteiger partial charge in [-0.25, -0.2) is 4.39 Å². The van der Waals surface area contributed by atoms with E-state index in [4.69, 9.17) is 0 Å². The molecule has 0 aliphatic heterocycles. The quantitative estimate of drug-likeness (QED) is 0.833. The first kappa shape index (κ1) is 15.2. The predicted octanol–water partition coefficient (Wildman–Crippen LogP) is 4.03. The molecule has 102 valence electrons. The minimum atomic E-state index is -0.158. The maximum absolute atomic E-state index is 12.8. The summed E-state index contributed by atoms with van der Waals surface area (Å²) >= 11 is 0. The number of rotatable bonds is 5. The van der Waals surface area contributed by atoms with Crippen molar-refractivity contribution in [3.05, 3.63) is 35.6 Å². The van der Waals surface area contributed by atoms with Gasteiger partial charge in [0.15, 0.2) is 0 Å². The average molecular weight is 251 g/mol. The molecule has 18 heavy (non-hydrogen) atoms. The van der Waals surface area contributed by atoms with Crippen LogP contribution in [0, 0.1) is 17.7 Å². The molecule has 2 unspecified atom stereocenters. The summed E-state index contributed by atoms with van der Waals surface area (Å²) in [6.45, 7) is 12.1. The lowest BCUT2D eigenvalue weighted by Crippen LogP contribution is -2.40. The molecule has 1 aromatic rings. The van der Waals surface area contributed by atoms with Gasteiger partial charge in [0, 0.05) is 5.54 Å². The van der Waals surface area contributed by atoms with Gasteiger partial charge >= 0.3 is 0 Å². The molecule has 0 spiro atoms. The Balaban J connectivity index is 2.44. The van der Waals surface area contributed by atoms with Crippen molar-refractivity contribution in [2.24, 2.45) is 11.8 Å². The Morgan fingerprint density at radius 3 is 2.11 bits per heavy atom. The molecule has 0 heterocycles. The van der Waals surface area contributed by atoms with E-state index in [9.17, 15) is 4.39 Å². The fraction of sp³-hybridized carbons (Fsp3) is 0.625. The molecule has 0 aliphatic carbocycles. The minimum absolute atomic E-state index is 0.158. The van der Waals surface area contributed by atoms with Gasteiger partial charge in [-0.15, -0.1) is 0 Å². The molecular weight excluding hydrogens is 225 g/mol. The molecule has 0 aromatic heterocycles. The molecule has 0 saturated carbocycles. The Hall–Kier alpha value is -0.890. The largest absolute Gasteiger partial charge is 0.312 e. The van der Waals surface area contributed by atoms with Gasteiger partial charge in [0.2, 0.25) is 0 Å². The highest BCUT2D eigenvalue weighted by molar-refractivity contribution is 5.16. The lowest BCUT2D eigenvalue weighted by Gasteiger charge is -2.26. The molecule has 1 nitrogen and oxygen atoms in total. The lowest BCUT2D eigenvalue weighted by molar-refractivity contribution is 0.317. The summed E-state index contributed by atoms with van der Waals surface area (Å²) < 4.78 is 12.8. The van der Waals surface area contributed by atoms with Crippen molar-refractivity contribution in [2.45, 2.75) is 46.6 Å². The maximum Gasteiger partial charge on any atom is 0.123 e. The summed E-state index contributed by atoms with van der Waals surface area (Å²) in [4.78, 5) is 0. The topological polar surface area (TPSA) is 12.0 Å². The smallest absolute Gasteiger partial charge is 0.123 e. The van der Waals surface area contributed by atoms with Gasteiger partial charge in [0.1, 0.15) is 5.82 Å². The molecule has 2 atom stereocenters. The van der Waals surface area contributed by atoms with Crippen LogP contribution in [0.5, 0.6) is 0 Å². The van der Waals surface area contributed by atoms with Crippen molar-refractivity contribution < 1.29 is 4.39 Å². The monoisotopic (exact) mass is 251 g/mol. The summed E-state index contributed by atoms with van der Waals surface area (Å²) in [7, 11) is 0. The molecule has 0 radical (unpaired) electrons. The van der Waals surface area contributed by atoms with Crippen LogP contribution in [0.2, 0.25) is 0 Å². The van der Waals surface area contributed by atoms with Gasteiger partial charge < -0.3 is 5.32 Å². The van der Waals surface area contributed by atoms with E-state index in [-0.39, 0.29) is 11.4 Å². The van der Waals surface area contributed by atoms with Crippen LogP contribution >= 0.6 is 0 Å². The Morgan fingerprint density at radius 1 is 1.06 bits per heavy atom. The molecule has 1 N–H and O–H groups in total. The van der Waals surface area contributed by atoms with Gasteiger partial charge in [-0.05, 0) is 63.3 Å². The number of benzene rings is 1. The Labute approximate surface area is 111 Å². The first-order valence-electron chi connectivity index (χ1n) is 6.77. The van der Waals surface area contributed by atoms with Crippen LogP contribution in [0.15, 0.2) is 24.3 Å². The number of hydrogen-bond acceptors (Lipinski definition) is 1. The molecule has 0 saturated heterocycles. The fourth-order valence-corrected chi connectivity index (χ4v) is 1.86. The Bertz CT molecular complexity index is 350. The van der Waals surface area contributed by atoms with Crippen LogP contribution < -0.4 is 5.32 Å². The van der Waals surface area contributed by atoms with Crippen LogP contribution in [-0.4, -0.2) is 12.1 Å². The lowest BCUT2D eigenvalue weighted by atomic mass is 9.89. The normalized spacial score (nSPS) is 15.4. The van der Waals surface area contributed by atoms with Crippen molar-refractivity contribution in [3.8, 4) is 0 Å². The third-order valence-electron chi connectivity index (χ3n) is 3.40. The van der Waals surface area contributed by atoms with E-state index in [1.165, 1.54) is 5.56 Å². The second kappa shape index (κ2) is 6.33. The van der Waals surface area contributed by atoms with E-state index in [1.54, 1.807) is 12.1 Å². The standard InChI is InChI=1S/C16H26FN/c1-12(13(2)11-18-16(3,4)5)10-14-6-8-15(17)9-7-14/h6-9,12-13,18H,10-11H2,1-5H3. The van der Waals surface area contributed by atoms with Crippen molar-refractivity contribution in [1.29, 1.82) is 0 Å². The molecule has 1 aromatic carbocycles. The zero-order chi connectivity index (χ0) is 13.8. The first-order valence-corrected chi connectivity index (χ1v) is 6.77. The fourth-order valence-electron chi connectivity index (χ4n) is 1.86. The van der Waals surface area contributed by atoms with Gasteiger partial charge in [-0.3, -0.25) is 0 Å². The molecule has 0 fully saturated rings. The van der Waals surface area contributed by atoms with Crippen LogP contribution in [0.25, 0.3) is 0 Å². The highest BCUT2D eigenvalue weighted by Crippen LogP contribution is 2.17. The number of hydrogen-bond donors (Lipinski definition) is 1. The van der Waals surface area contributed by atoms with Gasteiger partial charge in [-0.2, -0.15) is 0 Å². The second-order valence-electron chi connectivity index (χ2n) is 6.42. The van der Waals surface area contributed by atoms with Crippen LogP contribution in [0.3, 0.4) is 0 Å². The summed E-state index contributed by atoms with van der Waals surface area (Å²) in [5.41, 5.74) is 1.38. The maximum atomic E-state index is 12.8. The van der Waals surface area contributed by atoms with Crippen molar-refractivity contribution >= 4 is 0 Å². The average Bonchev–Trinajstić information content (AvgIpc) is 2.28. The summed E-state index contributed by atoms with van der Waals surface area (Å²) in [6.07, 6.45) is 1.01. The second-order valence-corrected chi connectivity index (χ2v) is 6.42. The third-order valence-corrected chi connectivity index (χ3v) is 3.40. The van der Waals surface area contributed by atoms with Crippen LogP contribution in [0.1, 0.15) is 40.2 Å². The highest BCUT2D eigenvalue weighted by Gasteiger charge is 2.16. The van der Waals surface area contributed by atoms with E-state index in [1.807, 2.05) is 12.1 Å². The Morgan fingerprint density at radius 2 is 1.61 bits per heavy atom. The van der Waals surface area contributed by atoms with Gasteiger partial charge in [0.05, 0.1) is 0 Å². The van der Waals surface area contributed by atoms with Crippen LogP contribution in [-0.2, 0) is 6.42 Å². The van der Waals surface area contributed by atoms with Crippen LogP contribution in [0.4, 0.5) is 4.39 Å². The molecule has 2 heteroatoms. The van der Waals surface area contributed by atoms with E-state index < -0.39 is 0 Å². The predicted molar refractivity (Wildman–Crippen MR) is 76.2 cm³/mol. The summed E-state index contributed by atoms with van der Waals surface area (Å²) in [5, 5.41) is 3.54. The molecule has 0 bridgehead atoms. The summed E-state index contributed by atoms with van der Waals surface area (Å²) in [6, 6.07) is 6.85. The third kappa shape index (κ3) is 5.63. The first-order chi connectivity index (χ1) is 8.28. The highest BCUT2D eigenvalue weighted by atomic mass is 19.1. The molecular formula is C16H26FN. The summed E-state index contributed by atoms with van der Waals surface area (Å²) in [5.74, 6) is 1.04. The van der Waals surface area contributed by atoms with Gasteiger partial charge in [0.25, 0.3) is 0 Å². The molecule has 0 aliphatic rings. The minimum Gasteiger partial charge on any atom is -0.312 e. The zero-order valence-electron chi connectivity index (χ0n) is 12.3. The number of nitrogens with one attached hydrogen (secondary N) is 1.